The van der Waals surface area contributed by atoms with Crippen LogP contribution in [-0.2, 0) is 17.6 Å². The maximum Gasteiger partial charge on any atom is 0.150 e. The molecule has 0 saturated heterocycles. The molecule has 14 heavy (non-hydrogen) atoms. The first-order chi connectivity index (χ1) is 6.70. The van der Waals surface area contributed by atoms with Gasteiger partial charge in [-0.2, -0.15) is 0 Å². The van der Waals surface area contributed by atoms with Gasteiger partial charge in [-0.25, -0.2) is 0 Å². The molecule has 0 amide bonds. The molecule has 0 bridgehead atoms. The Morgan fingerprint density at radius 1 is 1.43 bits per heavy atom. The second-order valence-electron chi connectivity index (χ2n) is 4.14. The van der Waals surface area contributed by atoms with Gasteiger partial charge in [0, 0.05) is 5.57 Å². The van der Waals surface area contributed by atoms with Crippen LogP contribution in [0.2, 0.25) is 0 Å². The minimum Gasteiger partial charge on any atom is -0.298 e. The summed E-state index contributed by atoms with van der Waals surface area (Å²) in [7, 11) is 0. The lowest BCUT2D eigenvalue weighted by atomic mass is 10.0. The standard InChI is InChI=1S/C13H14O/c1-9-5-12-4-3-11(10(2)8-14)7-13(12)6-9/h3-4,7-9H,2,5-6H2,1H3. The van der Waals surface area contributed by atoms with Gasteiger partial charge in [0.15, 0.2) is 0 Å². The summed E-state index contributed by atoms with van der Waals surface area (Å²) in [5.41, 5.74) is 4.36. The zero-order chi connectivity index (χ0) is 10.1. The molecule has 1 heteroatoms. The Labute approximate surface area is 84.5 Å². The van der Waals surface area contributed by atoms with Crippen LogP contribution in [0, 0.1) is 5.92 Å². The Morgan fingerprint density at radius 3 is 2.86 bits per heavy atom. The zero-order valence-electron chi connectivity index (χ0n) is 8.42. The van der Waals surface area contributed by atoms with Gasteiger partial charge in [0.1, 0.15) is 6.29 Å². The van der Waals surface area contributed by atoms with E-state index in [0.29, 0.717) is 5.57 Å². The van der Waals surface area contributed by atoms with Crippen molar-refractivity contribution in [3.8, 4) is 0 Å². The average molecular weight is 186 g/mol. The highest BCUT2D eigenvalue weighted by Crippen LogP contribution is 2.28. The lowest BCUT2D eigenvalue weighted by Crippen LogP contribution is -1.89. The van der Waals surface area contributed by atoms with Crippen LogP contribution >= 0.6 is 0 Å². The highest BCUT2D eigenvalue weighted by molar-refractivity contribution is 6.05. The number of rotatable bonds is 2. The van der Waals surface area contributed by atoms with Gasteiger partial charge < -0.3 is 0 Å². The van der Waals surface area contributed by atoms with Crippen LogP contribution in [0.3, 0.4) is 0 Å². The van der Waals surface area contributed by atoms with Crippen molar-refractivity contribution in [3.63, 3.8) is 0 Å². The first kappa shape index (κ1) is 9.20. The van der Waals surface area contributed by atoms with E-state index < -0.39 is 0 Å². The van der Waals surface area contributed by atoms with E-state index in [2.05, 4.69) is 25.6 Å². The van der Waals surface area contributed by atoms with E-state index in [0.717, 1.165) is 24.2 Å². The molecule has 1 aromatic rings. The highest BCUT2D eigenvalue weighted by atomic mass is 16.1. The molecular weight excluding hydrogens is 172 g/mol. The summed E-state index contributed by atoms with van der Waals surface area (Å²) >= 11 is 0. The van der Waals surface area contributed by atoms with Crippen molar-refractivity contribution in [2.24, 2.45) is 5.92 Å². The number of aldehydes is 1. The van der Waals surface area contributed by atoms with Gasteiger partial charge in [0.25, 0.3) is 0 Å². The van der Waals surface area contributed by atoms with E-state index >= 15 is 0 Å². The van der Waals surface area contributed by atoms with Gasteiger partial charge in [0.05, 0.1) is 0 Å². The summed E-state index contributed by atoms with van der Waals surface area (Å²) in [6.45, 7) is 5.98. The lowest BCUT2D eigenvalue weighted by molar-refractivity contribution is -0.103. The van der Waals surface area contributed by atoms with Gasteiger partial charge in [-0.15, -0.1) is 0 Å². The van der Waals surface area contributed by atoms with Crippen molar-refractivity contribution < 1.29 is 4.79 Å². The predicted molar refractivity (Wildman–Crippen MR) is 58.1 cm³/mol. The van der Waals surface area contributed by atoms with Crippen molar-refractivity contribution in [2.75, 3.05) is 0 Å². The number of carbonyl (C=O) groups excluding carboxylic acids is 1. The molecule has 0 saturated carbocycles. The molecule has 1 nitrogen and oxygen atoms in total. The number of hydrogen-bond donors (Lipinski definition) is 0. The number of allylic oxidation sites excluding steroid dienone is 1. The fourth-order valence-corrected chi connectivity index (χ4v) is 2.11. The van der Waals surface area contributed by atoms with Crippen molar-refractivity contribution in [1.82, 2.24) is 0 Å². The van der Waals surface area contributed by atoms with Crippen LogP contribution in [0.15, 0.2) is 24.8 Å². The van der Waals surface area contributed by atoms with E-state index in [1.807, 2.05) is 6.07 Å². The Hall–Kier alpha value is -1.37. The maximum atomic E-state index is 10.6. The van der Waals surface area contributed by atoms with Crippen LogP contribution in [0.4, 0.5) is 0 Å². The smallest absolute Gasteiger partial charge is 0.150 e. The van der Waals surface area contributed by atoms with Crippen molar-refractivity contribution in [1.29, 1.82) is 0 Å². The molecule has 72 valence electrons. The molecule has 0 fully saturated rings. The molecular formula is C13H14O. The van der Waals surface area contributed by atoms with Crippen molar-refractivity contribution in [2.45, 2.75) is 19.8 Å². The molecule has 1 aliphatic rings. The Bertz CT molecular complexity index is 390. The van der Waals surface area contributed by atoms with Crippen LogP contribution < -0.4 is 0 Å². The number of fused-ring (bicyclic) bond motifs is 1. The molecule has 1 aromatic carbocycles. The Morgan fingerprint density at radius 2 is 2.14 bits per heavy atom. The fraction of sp³-hybridized carbons (Fsp3) is 0.308. The van der Waals surface area contributed by atoms with Crippen molar-refractivity contribution >= 4 is 11.9 Å². The van der Waals surface area contributed by atoms with Crippen LogP contribution in [0.1, 0.15) is 23.6 Å². The fourth-order valence-electron chi connectivity index (χ4n) is 2.11. The van der Waals surface area contributed by atoms with Gasteiger partial charge in [-0.3, -0.25) is 4.79 Å². The second kappa shape index (κ2) is 3.41. The molecule has 1 atom stereocenters. The molecule has 0 N–H and O–H groups in total. The summed E-state index contributed by atoms with van der Waals surface area (Å²) in [6.07, 6.45) is 3.12. The van der Waals surface area contributed by atoms with Crippen LogP contribution in [-0.4, -0.2) is 6.29 Å². The largest absolute Gasteiger partial charge is 0.298 e. The number of hydrogen-bond acceptors (Lipinski definition) is 1. The molecule has 2 rings (SSSR count). The quantitative estimate of drug-likeness (QED) is 0.512. The van der Waals surface area contributed by atoms with Crippen LogP contribution in [0.5, 0.6) is 0 Å². The Kier molecular flexibility index (Phi) is 2.24. The number of carbonyl (C=O) groups is 1. The van der Waals surface area contributed by atoms with Gasteiger partial charge in [-0.05, 0) is 35.4 Å². The van der Waals surface area contributed by atoms with Gasteiger partial charge in [-0.1, -0.05) is 31.7 Å². The summed E-state index contributed by atoms with van der Waals surface area (Å²) in [5.74, 6) is 0.741. The summed E-state index contributed by atoms with van der Waals surface area (Å²) in [5, 5.41) is 0. The van der Waals surface area contributed by atoms with Gasteiger partial charge in [0.2, 0.25) is 0 Å². The monoisotopic (exact) mass is 186 g/mol. The first-order valence-electron chi connectivity index (χ1n) is 4.97. The highest BCUT2D eigenvalue weighted by Gasteiger charge is 2.17. The molecule has 0 aliphatic heterocycles. The van der Waals surface area contributed by atoms with E-state index in [1.54, 1.807) is 0 Å². The Balaban J connectivity index is 2.37. The maximum absolute atomic E-state index is 10.6. The number of benzene rings is 1. The molecule has 0 spiro atoms. The molecule has 1 aliphatic carbocycles. The summed E-state index contributed by atoms with van der Waals surface area (Å²) < 4.78 is 0. The topological polar surface area (TPSA) is 17.1 Å². The van der Waals surface area contributed by atoms with Crippen molar-refractivity contribution in [3.05, 3.63) is 41.5 Å². The van der Waals surface area contributed by atoms with Crippen LogP contribution in [0.25, 0.3) is 5.57 Å². The van der Waals surface area contributed by atoms with Gasteiger partial charge >= 0.3 is 0 Å². The minimum atomic E-state index is 0.576. The third-order valence-corrected chi connectivity index (χ3v) is 2.86. The van der Waals surface area contributed by atoms with E-state index in [4.69, 9.17) is 0 Å². The van der Waals surface area contributed by atoms with E-state index in [-0.39, 0.29) is 0 Å². The third kappa shape index (κ3) is 1.50. The third-order valence-electron chi connectivity index (χ3n) is 2.86. The summed E-state index contributed by atoms with van der Waals surface area (Å²) in [6, 6.07) is 6.23. The SMILES string of the molecule is C=C(C=O)c1ccc2c(c1)CC(C)C2. The first-order valence-corrected chi connectivity index (χ1v) is 4.97. The summed E-state index contributed by atoms with van der Waals surface area (Å²) in [4.78, 5) is 10.6. The van der Waals surface area contributed by atoms with E-state index in [9.17, 15) is 4.79 Å². The molecule has 1 unspecified atom stereocenters. The van der Waals surface area contributed by atoms with E-state index in [1.165, 1.54) is 17.5 Å². The normalized spacial score (nSPS) is 19.1. The predicted octanol–water partition coefficient (Wildman–Crippen LogP) is 2.63. The minimum absolute atomic E-state index is 0.576. The zero-order valence-corrected chi connectivity index (χ0v) is 8.42. The molecule has 0 heterocycles. The second-order valence-corrected chi connectivity index (χ2v) is 4.14. The lowest BCUT2D eigenvalue weighted by Gasteiger charge is -2.02. The molecule has 0 radical (unpaired) electrons. The average Bonchev–Trinajstić information content (AvgIpc) is 2.55. The molecule has 0 aromatic heterocycles.